The van der Waals surface area contributed by atoms with Crippen LogP contribution in [0.25, 0.3) is 0 Å². The summed E-state index contributed by atoms with van der Waals surface area (Å²) < 4.78 is 22.7. The quantitative estimate of drug-likeness (QED) is 0.819. The fraction of sp³-hybridized carbons (Fsp3) is 0.385. The first-order valence-electron chi connectivity index (χ1n) is 5.76. The smallest absolute Gasteiger partial charge is 0.328 e. The number of ether oxygens (including phenoxy) is 2. The van der Waals surface area contributed by atoms with E-state index >= 15 is 0 Å². The maximum Gasteiger partial charge on any atom is 0.328 e. The van der Waals surface area contributed by atoms with Gasteiger partial charge in [-0.3, -0.25) is 4.79 Å². The van der Waals surface area contributed by atoms with Crippen LogP contribution in [0.1, 0.15) is 15.9 Å². The Morgan fingerprint density at radius 1 is 1.30 bits per heavy atom. The zero-order valence-electron chi connectivity index (χ0n) is 11.4. The second-order valence-corrected chi connectivity index (χ2v) is 4.02. The van der Waals surface area contributed by atoms with Crippen LogP contribution in [0.5, 0.6) is 11.5 Å². The van der Waals surface area contributed by atoms with E-state index in [1.807, 2.05) is 0 Å². The lowest BCUT2D eigenvalue weighted by Crippen LogP contribution is -2.42. The highest BCUT2D eigenvalue weighted by atomic mass is 19.1. The average molecular weight is 285 g/mol. The van der Waals surface area contributed by atoms with Gasteiger partial charge in [0.1, 0.15) is 18.2 Å². The number of halogens is 1. The Hall–Kier alpha value is -2.31. The molecule has 1 aromatic carbocycles. The summed E-state index contributed by atoms with van der Waals surface area (Å²) in [5, 5.41) is 10.8. The van der Waals surface area contributed by atoms with Gasteiger partial charge in [0.25, 0.3) is 5.91 Å². The fourth-order valence-corrected chi connectivity index (χ4v) is 1.63. The van der Waals surface area contributed by atoms with E-state index < -0.39 is 24.6 Å². The van der Waals surface area contributed by atoms with Crippen molar-refractivity contribution in [3.8, 4) is 11.5 Å². The molecule has 110 valence electrons. The SMILES string of the molecule is COc1cc(C(=O)NC(CF)C(=O)O)cc(OC)c1C. The largest absolute Gasteiger partial charge is 0.496 e. The van der Waals surface area contributed by atoms with Crippen molar-refractivity contribution in [3.63, 3.8) is 0 Å². The average Bonchev–Trinajstić information content (AvgIpc) is 2.44. The van der Waals surface area contributed by atoms with Gasteiger partial charge in [0.15, 0.2) is 6.04 Å². The molecule has 1 unspecified atom stereocenters. The van der Waals surface area contributed by atoms with E-state index in [4.69, 9.17) is 14.6 Å². The Kier molecular flexibility index (Phi) is 5.31. The van der Waals surface area contributed by atoms with Crippen molar-refractivity contribution in [1.82, 2.24) is 5.32 Å². The van der Waals surface area contributed by atoms with Gasteiger partial charge in [0.2, 0.25) is 0 Å². The zero-order valence-corrected chi connectivity index (χ0v) is 11.4. The van der Waals surface area contributed by atoms with Crippen molar-refractivity contribution >= 4 is 11.9 Å². The van der Waals surface area contributed by atoms with Gasteiger partial charge in [0.05, 0.1) is 14.2 Å². The highest BCUT2D eigenvalue weighted by Gasteiger charge is 2.21. The van der Waals surface area contributed by atoms with E-state index in [0.29, 0.717) is 17.1 Å². The predicted molar refractivity (Wildman–Crippen MR) is 69.1 cm³/mol. The third-order valence-corrected chi connectivity index (χ3v) is 2.77. The minimum atomic E-state index is -1.58. The van der Waals surface area contributed by atoms with E-state index in [1.54, 1.807) is 6.92 Å². The number of carboxylic acid groups (broad SMARTS) is 1. The van der Waals surface area contributed by atoms with Crippen LogP contribution < -0.4 is 14.8 Å². The molecule has 1 rings (SSSR count). The van der Waals surface area contributed by atoms with Gasteiger partial charge in [-0.2, -0.15) is 0 Å². The van der Waals surface area contributed by atoms with Crippen LogP contribution in [0.2, 0.25) is 0 Å². The molecule has 1 atom stereocenters. The molecule has 0 spiro atoms. The Morgan fingerprint density at radius 3 is 2.15 bits per heavy atom. The molecule has 20 heavy (non-hydrogen) atoms. The predicted octanol–water partition coefficient (Wildman–Crippen LogP) is 1.16. The summed E-state index contributed by atoms with van der Waals surface area (Å²) in [6, 6.07) is 1.29. The molecule has 0 radical (unpaired) electrons. The number of carbonyl (C=O) groups excluding carboxylic acids is 1. The number of hydrogen-bond acceptors (Lipinski definition) is 4. The van der Waals surface area contributed by atoms with Crippen LogP contribution >= 0.6 is 0 Å². The molecule has 1 aromatic rings. The van der Waals surface area contributed by atoms with Crippen LogP contribution in [-0.4, -0.2) is 43.9 Å². The standard InChI is InChI=1S/C13H16FNO5/c1-7-10(19-2)4-8(5-11(7)20-3)12(16)15-9(6-14)13(17)18/h4-5,9H,6H2,1-3H3,(H,15,16)(H,17,18). The fourth-order valence-electron chi connectivity index (χ4n) is 1.63. The van der Waals surface area contributed by atoms with Crippen LogP contribution in [0.3, 0.4) is 0 Å². The van der Waals surface area contributed by atoms with E-state index in [9.17, 15) is 14.0 Å². The summed E-state index contributed by atoms with van der Waals surface area (Å²) in [6.45, 7) is 0.558. The lowest BCUT2D eigenvalue weighted by molar-refractivity contribution is -0.139. The summed E-state index contributed by atoms with van der Waals surface area (Å²) >= 11 is 0. The number of aliphatic carboxylic acids is 1. The third-order valence-electron chi connectivity index (χ3n) is 2.77. The summed E-state index contributed by atoms with van der Waals surface area (Å²) in [5.74, 6) is -1.32. The summed E-state index contributed by atoms with van der Waals surface area (Å²) in [4.78, 5) is 22.6. The lowest BCUT2D eigenvalue weighted by atomic mass is 10.1. The molecule has 1 amide bonds. The van der Waals surface area contributed by atoms with Crippen LogP contribution in [0.15, 0.2) is 12.1 Å². The molecule has 0 aromatic heterocycles. The van der Waals surface area contributed by atoms with Crippen LogP contribution in [-0.2, 0) is 4.79 Å². The molecular formula is C13H16FNO5. The molecule has 0 heterocycles. The van der Waals surface area contributed by atoms with E-state index in [1.165, 1.54) is 26.4 Å². The minimum absolute atomic E-state index is 0.129. The Morgan fingerprint density at radius 2 is 1.80 bits per heavy atom. The molecule has 6 nitrogen and oxygen atoms in total. The Labute approximate surface area is 115 Å². The van der Waals surface area contributed by atoms with Gasteiger partial charge in [-0.05, 0) is 19.1 Å². The number of hydrogen-bond donors (Lipinski definition) is 2. The van der Waals surface area contributed by atoms with Gasteiger partial charge >= 0.3 is 5.97 Å². The highest BCUT2D eigenvalue weighted by Crippen LogP contribution is 2.29. The number of carboxylic acids is 1. The molecule has 0 saturated carbocycles. The maximum absolute atomic E-state index is 12.5. The normalized spacial score (nSPS) is 11.6. The first-order chi connectivity index (χ1) is 9.44. The van der Waals surface area contributed by atoms with Gasteiger partial charge in [-0.25, -0.2) is 9.18 Å². The number of methoxy groups -OCH3 is 2. The van der Waals surface area contributed by atoms with E-state index in [0.717, 1.165) is 0 Å². The van der Waals surface area contributed by atoms with Crippen molar-refractivity contribution in [2.75, 3.05) is 20.9 Å². The molecule has 7 heteroatoms. The number of benzene rings is 1. The van der Waals surface area contributed by atoms with E-state index in [2.05, 4.69) is 5.32 Å². The molecule has 0 fully saturated rings. The molecule has 2 N–H and O–H groups in total. The Bertz CT molecular complexity index is 492. The molecule has 0 saturated heterocycles. The minimum Gasteiger partial charge on any atom is -0.496 e. The topological polar surface area (TPSA) is 84.9 Å². The van der Waals surface area contributed by atoms with Crippen molar-refractivity contribution in [1.29, 1.82) is 0 Å². The zero-order chi connectivity index (χ0) is 15.3. The first-order valence-corrected chi connectivity index (χ1v) is 5.76. The molecule has 0 aliphatic rings. The van der Waals surface area contributed by atoms with Gasteiger partial charge in [0, 0.05) is 11.1 Å². The second kappa shape index (κ2) is 6.74. The summed E-state index contributed by atoms with van der Waals surface area (Å²) in [6.07, 6.45) is 0. The third kappa shape index (κ3) is 3.37. The Balaban J connectivity index is 3.07. The molecule has 0 aliphatic heterocycles. The van der Waals surface area contributed by atoms with Crippen molar-refractivity contribution in [2.24, 2.45) is 0 Å². The second-order valence-electron chi connectivity index (χ2n) is 4.02. The summed E-state index contributed by atoms with van der Waals surface area (Å²) in [7, 11) is 2.87. The lowest BCUT2D eigenvalue weighted by Gasteiger charge is -2.14. The molecule has 0 bridgehead atoms. The number of rotatable bonds is 6. The first kappa shape index (κ1) is 15.7. The van der Waals surface area contributed by atoms with Gasteiger partial charge in [-0.1, -0.05) is 0 Å². The summed E-state index contributed by atoms with van der Waals surface area (Å²) in [5.41, 5.74) is 0.829. The highest BCUT2D eigenvalue weighted by molar-refractivity contribution is 5.97. The van der Waals surface area contributed by atoms with Gasteiger partial charge < -0.3 is 19.9 Å². The number of alkyl halides is 1. The van der Waals surface area contributed by atoms with Crippen molar-refractivity contribution < 1.29 is 28.6 Å². The molecule has 0 aliphatic carbocycles. The number of amides is 1. The number of nitrogens with one attached hydrogen (secondary N) is 1. The van der Waals surface area contributed by atoms with Crippen molar-refractivity contribution in [2.45, 2.75) is 13.0 Å². The van der Waals surface area contributed by atoms with Crippen molar-refractivity contribution in [3.05, 3.63) is 23.3 Å². The van der Waals surface area contributed by atoms with Crippen LogP contribution in [0, 0.1) is 6.92 Å². The number of carbonyl (C=O) groups is 2. The van der Waals surface area contributed by atoms with E-state index in [-0.39, 0.29) is 5.56 Å². The van der Waals surface area contributed by atoms with Crippen LogP contribution in [0.4, 0.5) is 4.39 Å². The van der Waals surface area contributed by atoms with Gasteiger partial charge in [-0.15, -0.1) is 0 Å². The molecular weight excluding hydrogens is 269 g/mol. The maximum atomic E-state index is 12.5. The monoisotopic (exact) mass is 285 g/mol.